The lowest BCUT2D eigenvalue weighted by molar-refractivity contribution is 0.341. The van der Waals surface area contributed by atoms with Gasteiger partial charge in [0.2, 0.25) is 0 Å². The summed E-state index contributed by atoms with van der Waals surface area (Å²) in [6, 6.07) is 12.6. The molecule has 0 atom stereocenters. The summed E-state index contributed by atoms with van der Waals surface area (Å²) in [5.74, 6) is 0.918. The quantitative estimate of drug-likeness (QED) is 0.477. The van der Waals surface area contributed by atoms with Crippen molar-refractivity contribution in [2.75, 3.05) is 42.6 Å². The molecule has 2 aromatic heterocycles. The zero-order valence-corrected chi connectivity index (χ0v) is 17.6. The van der Waals surface area contributed by atoms with Crippen molar-refractivity contribution in [3.8, 4) is 5.75 Å². The van der Waals surface area contributed by atoms with E-state index >= 15 is 0 Å². The van der Waals surface area contributed by atoms with Crippen LogP contribution in [0, 0.1) is 6.92 Å². The lowest BCUT2D eigenvalue weighted by Gasteiger charge is -2.34. The predicted octanol–water partition coefficient (Wildman–Crippen LogP) is 4.94. The van der Waals surface area contributed by atoms with Crippen LogP contribution in [0.15, 0.2) is 36.4 Å². The summed E-state index contributed by atoms with van der Waals surface area (Å²) in [6.07, 6.45) is 0. The molecule has 0 amide bonds. The fourth-order valence-electron chi connectivity index (χ4n) is 3.53. The summed E-state index contributed by atoms with van der Waals surface area (Å²) >= 11 is 3.54. The lowest BCUT2D eigenvalue weighted by Crippen LogP contribution is -2.46. The maximum Gasteiger partial charge on any atom is 0.186 e. The van der Waals surface area contributed by atoms with Crippen LogP contribution in [0.5, 0.6) is 5.75 Å². The molecule has 2 aromatic carbocycles. The summed E-state index contributed by atoms with van der Waals surface area (Å²) in [4.78, 5) is 14.5. The van der Waals surface area contributed by atoms with Crippen molar-refractivity contribution in [3.63, 3.8) is 0 Å². The number of aromatic nitrogens is 2. The van der Waals surface area contributed by atoms with Crippen molar-refractivity contribution < 1.29 is 4.74 Å². The van der Waals surface area contributed by atoms with Crippen LogP contribution in [-0.4, -0.2) is 42.8 Å². The van der Waals surface area contributed by atoms with E-state index in [1.165, 1.54) is 15.0 Å². The van der Waals surface area contributed by atoms with Gasteiger partial charge in [0, 0.05) is 26.2 Å². The Morgan fingerprint density at radius 2 is 1.43 bits per heavy atom. The van der Waals surface area contributed by atoms with Crippen molar-refractivity contribution in [2.45, 2.75) is 13.8 Å². The van der Waals surface area contributed by atoms with Crippen molar-refractivity contribution in [1.29, 1.82) is 0 Å². The minimum absolute atomic E-state index is 0.685. The normalized spacial score (nSPS) is 14.9. The molecular formula is C21H22N4OS2. The minimum Gasteiger partial charge on any atom is -0.494 e. The van der Waals surface area contributed by atoms with E-state index in [0.29, 0.717) is 6.61 Å². The van der Waals surface area contributed by atoms with Gasteiger partial charge in [-0.1, -0.05) is 28.7 Å². The molecule has 28 heavy (non-hydrogen) atoms. The summed E-state index contributed by atoms with van der Waals surface area (Å²) in [7, 11) is 0. The standard InChI is InChI=1S/C21H22N4OS2/c1-3-26-15-5-7-17-19(13-15)28-21(23-17)25-10-8-24(9-11-25)20-22-16-6-4-14(2)12-18(16)27-20/h4-7,12-13H,3,8-11H2,1-2H3. The molecular weight excluding hydrogens is 388 g/mol. The number of benzene rings is 2. The molecule has 0 aliphatic carbocycles. The van der Waals surface area contributed by atoms with E-state index in [-0.39, 0.29) is 0 Å². The van der Waals surface area contributed by atoms with Crippen molar-refractivity contribution in [2.24, 2.45) is 0 Å². The Balaban J connectivity index is 1.31. The van der Waals surface area contributed by atoms with Gasteiger partial charge in [0.05, 0.1) is 27.0 Å². The summed E-state index contributed by atoms with van der Waals surface area (Å²) in [5.41, 5.74) is 3.44. The van der Waals surface area contributed by atoms with Crippen LogP contribution in [0.2, 0.25) is 0 Å². The van der Waals surface area contributed by atoms with E-state index in [1.807, 2.05) is 13.0 Å². The van der Waals surface area contributed by atoms with E-state index < -0.39 is 0 Å². The Bertz CT molecular complexity index is 1130. The second-order valence-electron chi connectivity index (χ2n) is 7.00. The molecule has 0 N–H and O–H groups in total. The molecule has 1 aliphatic rings. The van der Waals surface area contributed by atoms with E-state index in [2.05, 4.69) is 47.1 Å². The Kier molecular flexibility index (Phi) is 4.56. The number of thiazole rings is 2. The molecule has 7 heteroatoms. The highest BCUT2D eigenvalue weighted by Gasteiger charge is 2.22. The highest BCUT2D eigenvalue weighted by atomic mass is 32.1. The molecule has 0 spiro atoms. The second kappa shape index (κ2) is 7.22. The molecule has 5 nitrogen and oxygen atoms in total. The van der Waals surface area contributed by atoms with Gasteiger partial charge in [-0.05, 0) is 49.7 Å². The number of hydrogen-bond donors (Lipinski definition) is 0. The third kappa shape index (κ3) is 3.29. The molecule has 1 aliphatic heterocycles. The average Bonchev–Trinajstić information content (AvgIpc) is 3.31. The SMILES string of the molecule is CCOc1ccc2nc(N3CCN(c4nc5ccc(C)cc5s4)CC3)sc2c1. The van der Waals surface area contributed by atoms with Gasteiger partial charge in [0.1, 0.15) is 5.75 Å². The highest BCUT2D eigenvalue weighted by molar-refractivity contribution is 7.22. The van der Waals surface area contributed by atoms with Crippen LogP contribution in [0.4, 0.5) is 10.3 Å². The maximum atomic E-state index is 5.62. The first-order chi connectivity index (χ1) is 13.7. The fraction of sp³-hybridized carbons (Fsp3) is 0.333. The predicted molar refractivity (Wildman–Crippen MR) is 120 cm³/mol. The topological polar surface area (TPSA) is 41.5 Å². The molecule has 0 saturated carbocycles. The van der Waals surface area contributed by atoms with Crippen LogP contribution in [0.3, 0.4) is 0 Å². The fourth-order valence-corrected chi connectivity index (χ4v) is 5.69. The minimum atomic E-state index is 0.685. The van der Waals surface area contributed by atoms with Crippen LogP contribution >= 0.6 is 22.7 Å². The van der Waals surface area contributed by atoms with Crippen LogP contribution < -0.4 is 14.5 Å². The molecule has 0 unspecified atom stereocenters. The molecule has 4 aromatic rings. The first kappa shape index (κ1) is 17.7. The van der Waals surface area contributed by atoms with Gasteiger partial charge in [0.15, 0.2) is 10.3 Å². The van der Waals surface area contributed by atoms with Gasteiger partial charge < -0.3 is 14.5 Å². The zero-order chi connectivity index (χ0) is 19.1. The van der Waals surface area contributed by atoms with Gasteiger partial charge in [-0.3, -0.25) is 0 Å². The third-order valence-corrected chi connectivity index (χ3v) is 7.17. The van der Waals surface area contributed by atoms with Crippen LogP contribution in [0.1, 0.15) is 12.5 Å². The monoisotopic (exact) mass is 410 g/mol. The molecule has 1 fully saturated rings. The smallest absolute Gasteiger partial charge is 0.186 e. The van der Waals surface area contributed by atoms with Gasteiger partial charge in [-0.15, -0.1) is 0 Å². The highest BCUT2D eigenvalue weighted by Crippen LogP contribution is 2.34. The van der Waals surface area contributed by atoms with E-state index in [1.54, 1.807) is 22.7 Å². The molecule has 1 saturated heterocycles. The van der Waals surface area contributed by atoms with Crippen molar-refractivity contribution >= 4 is 53.4 Å². The Morgan fingerprint density at radius 1 is 0.857 bits per heavy atom. The van der Waals surface area contributed by atoms with E-state index in [9.17, 15) is 0 Å². The first-order valence-electron chi connectivity index (χ1n) is 9.60. The number of fused-ring (bicyclic) bond motifs is 2. The largest absolute Gasteiger partial charge is 0.494 e. The van der Waals surface area contributed by atoms with Gasteiger partial charge in [-0.25, -0.2) is 9.97 Å². The van der Waals surface area contributed by atoms with Crippen molar-refractivity contribution in [1.82, 2.24) is 9.97 Å². The van der Waals surface area contributed by atoms with Crippen LogP contribution in [-0.2, 0) is 0 Å². The van der Waals surface area contributed by atoms with Crippen molar-refractivity contribution in [3.05, 3.63) is 42.0 Å². The number of ether oxygens (including phenoxy) is 1. The van der Waals surface area contributed by atoms with Gasteiger partial charge in [0.25, 0.3) is 0 Å². The van der Waals surface area contributed by atoms with Crippen LogP contribution in [0.25, 0.3) is 20.4 Å². The molecule has 144 valence electrons. The zero-order valence-electron chi connectivity index (χ0n) is 16.0. The molecule has 0 radical (unpaired) electrons. The summed E-state index contributed by atoms with van der Waals surface area (Å²) in [5, 5.41) is 2.23. The Hall–Kier alpha value is -2.38. The number of piperazine rings is 1. The molecule has 5 rings (SSSR count). The Morgan fingerprint density at radius 3 is 2.04 bits per heavy atom. The summed E-state index contributed by atoms with van der Waals surface area (Å²) in [6.45, 7) is 8.70. The first-order valence-corrected chi connectivity index (χ1v) is 11.2. The number of rotatable bonds is 4. The Labute approximate surface area is 172 Å². The second-order valence-corrected chi connectivity index (χ2v) is 9.02. The van der Waals surface area contributed by atoms with E-state index in [4.69, 9.17) is 14.7 Å². The lowest BCUT2D eigenvalue weighted by atomic mass is 10.2. The molecule has 3 heterocycles. The van der Waals surface area contributed by atoms with Gasteiger partial charge in [-0.2, -0.15) is 0 Å². The summed E-state index contributed by atoms with van der Waals surface area (Å²) < 4.78 is 8.07. The van der Waals surface area contributed by atoms with Gasteiger partial charge >= 0.3 is 0 Å². The maximum absolute atomic E-state index is 5.62. The third-order valence-electron chi connectivity index (χ3n) is 5.01. The number of hydrogen-bond acceptors (Lipinski definition) is 7. The van der Waals surface area contributed by atoms with E-state index in [0.717, 1.165) is 53.2 Å². The number of nitrogens with zero attached hydrogens (tertiary/aromatic N) is 4. The molecule has 0 bridgehead atoms. The number of anilines is 2. The number of aryl methyl sites for hydroxylation is 1. The average molecular weight is 411 g/mol.